The minimum absolute atomic E-state index is 0.0260. The van der Waals surface area contributed by atoms with Crippen LogP contribution in [0.25, 0.3) is 0 Å². The van der Waals surface area contributed by atoms with E-state index in [9.17, 15) is 36.2 Å². The van der Waals surface area contributed by atoms with Crippen LogP contribution in [0.5, 0.6) is 0 Å². The zero-order valence-electron chi connectivity index (χ0n) is 22.8. The highest BCUT2D eigenvalue weighted by Gasteiger charge is 2.52. The Morgan fingerprint density at radius 2 is 1.63 bits per heavy atom. The Labute approximate surface area is 235 Å². The molecule has 10 heteroatoms. The van der Waals surface area contributed by atoms with Crippen LogP contribution in [0.1, 0.15) is 78.9 Å². The predicted octanol–water partition coefficient (Wildman–Crippen LogP) is 7.56. The molecule has 5 rings (SSSR count). The van der Waals surface area contributed by atoms with E-state index < -0.39 is 41.9 Å². The van der Waals surface area contributed by atoms with Crippen LogP contribution < -0.4 is 0 Å². The van der Waals surface area contributed by atoms with Crippen molar-refractivity contribution in [2.24, 2.45) is 11.8 Å². The van der Waals surface area contributed by atoms with Crippen molar-refractivity contribution in [2.75, 3.05) is 6.54 Å². The Kier molecular flexibility index (Phi) is 8.02. The average Bonchev–Trinajstić information content (AvgIpc) is 3.24. The van der Waals surface area contributed by atoms with Gasteiger partial charge in [-0.05, 0) is 80.3 Å². The maximum absolute atomic E-state index is 13.5. The number of aliphatic hydroxyl groups is 1. The smallest absolute Gasteiger partial charge is 0.373 e. The number of carbonyl (C=O) groups is 1. The van der Waals surface area contributed by atoms with Gasteiger partial charge in [-0.1, -0.05) is 24.3 Å². The third kappa shape index (κ3) is 6.04. The zero-order valence-corrected chi connectivity index (χ0v) is 22.8. The number of hydrogen-bond acceptors (Lipinski definition) is 4. The molecule has 2 aromatic carbocycles. The molecule has 4 nitrogen and oxygen atoms in total. The van der Waals surface area contributed by atoms with Crippen molar-refractivity contribution >= 4 is 5.78 Å². The number of aryl methyl sites for hydroxylation is 1. The minimum atomic E-state index is -4.95. The number of halogens is 6. The number of aliphatic hydroxyl groups excluding tert-OH is 1. The topological polar surface area (TPSA) is 49.8 Å². The van der Waals surface area contributed by atoms with Crippen LogP contribution in [-0.4, -0.2) is 34.7 Å². The van der Waals surface area contributed by atoms with Gasteiger partial charge in [0.15, 0.2) is 5.78 Å². The van der Waals surface area contributed by atoms with E-state index in [1.807, 2.05) is 36.1 Å². The third-order valence-electron chi connectivity index (χ3n) is 8.83. The predicted molar refractivity (Wildman–Crippen MR) is 140 cm³/mol. The number of carbonyl (C=O) groups excluding carboxylic acids is 1. The summed E-state index contributed by atoms with van der Waals surface area (Å²) in [6.45, 7) is 3.97. The van der Waals surface area contributed by atoms with Crippen molar-refractivity contribution in [3.05, 3.63) is 82.1 Å². The molecule has 1 saturated carbocycles. The molecule has 0 spiro atoms. The summed E-state index contributed by atoms with van der Waals surface area (Å²) in [6, 6.07) is 9.17. The molecule has 1 heterocycles. The molecule has 0 bridgehead atoms. The first kappa shape index (κ1) is 29.6. The molecule has 0 radical (unpaired) electrons. The molecule has 2 aromatic rings. The van der Waals surface area contributed by atoms with Crippen molar-refractivity contribution in [1.29, 1.82) is 0 Å². The van der Waals surface area contributed by atoms with E-state index in [1.54, 1.807) is 6.08 Å². The van der Waals surface area contributed by atoms with Crippen LogP contribution in [0.15, 0.2) is 54.2 Å². The lowest BCUT2D eigenvalue weighted by molar-refractivity contribution is -0.143. The number of alkyl halides is 6. The van der Waals surface area contributed by atoms with E-state index >= 15 is 0 Å². The van der Waals surface area contributed by atoms with E-state index in [0.29, 0.717) is 50.8 Å². The number of fused-ring (bicyclic) bond motifs is 1. The van der Waals surface area contributed by atoms with Crippen LogP contribution >= 0.6 is 0 Å². The minimum Gasteiger partial charge on any atom is -0.373 e. The fourth-order valence-electron chi connectivity index (χ4n) is 6.86. The summed E-state index contributed by atoms with van der Waals surface area (Å²) >= 11 is 0. The maximum atomic E-state index is 13.5. The van der Waals surface area contributed by atoms with Crippen LogP contribution in [0, 0.1) is 18.8 Å². The first-order valence-electron chi connectivity index (χ1n) is 13.9. The molecule has 41 heavy (non-hydrogen) atoms. The van der Waals surface area contributed by atoms with Gasteiger partial charge >= 0.3 is 12.4 Å². The highest BCUT2D eigenvalue weighted by atomic mass is 19.4. The first-order chi connectivity index (χ1) is 19.2. The highest BCUT2D eigenvalue weighted by Crippen LogP contribution is 2.52. The summed E-state index contributed by atoms with van der Waals surface area (Å²) in [5, 5.41) is 11.6. The SMILES string of the molecule is Cc1ccccc1[C@H]1[C@@H]2C(O)N(C3=CC(=O)CCC3)C[C@H]2CC[C@@H]1O[C@H](C)c1cc(C(F)(F)F)cc(C(F)(F)F)c1. The van der Waals surface area contributed by atoms with Gasteiger partial charge in [-0.2, -0.15) is 26.3 Å². The standard InChI is InChI=1S/C31H33F6NO3/c1-17-6-3-4-9-25(17)28-26(11-10-19-16-38(29(40)27(19)28)23-7-5-8-24(39)15-23)41-18(2)20-12-21(30(32,33)34)14-22(13-20)31(35,36)37/h3-4,6,9,12-15,18-19,26-29,40H,5,7-8,10-11,16H2,1-2H3/t18-,19-,26+,27-,28-,29?/m1/s1. The molecule has 222 valence electrons. The summed E-state index contributed by atoms with van der Waals surface area (Å²) in [5.74, 6) is -0.552. The molecule has 1 N–H and O–H groups in total. The molecular formula is C31H33F6NO3. The Balaban J connectivity index is 1.49. The van der Waals surface area contributed by atoms with Crippen molar-refractivity contribution in [3.8, 4) is 0 Å². The first-order valence-corrected chi connectivity index (χ1v) is 13.9. The number of hydrogen-bond donors (Lipinski definition) is 1. The van der Waals surface area contributed by atoms with Gasteiger partial charge in [0.25, 0.3) is 0 Å². The Hall–Kier alpha value is -2.85. The Morgan fingerprint density at radius 3 is 2.24 bits per heavy atom. The molecule has 2 fully saturated rings. The Morgan fingerprint density at radius 1 is 0.976 bits per heavy atom. The van der Waals surface area contributed by atoms with Crippen LogP contribution in [0.2, 0.25) is 0 Å². The van der Waals surface area contributed by atoms with E-state index in [1.165, 1.54) is 6.92 Å². The molecule has 0 amide bonds. The molecule has 3 aliphatic rings. The lowest BCUT2D eigenvalue weighted by Crippen LogP contribution is -2.42. The number of nitrogens with zero attached hydrogens (tertiary/aromatic N) is 1. The van der Waals surface area contributed by atoms with E-state index in [-0.39, 0.29) is 35.2 Å². The zero-order chi connectivity index (χ0) is 29.7. The molecule has 1 aliphatic heterocycles. The van der Waals surface area contributed by atoms with Gasteiger partial charge in [0.2, 0.25) is 0 Å². The van der Waals surface area contributed by atoms with Gasteiger partial charge in [0, 0.05) is 36.6 Å². The van der Waals surface area contributed by atoms with Gasteiger partial charge in [0.1, 0.15) is 6.23 Å². The monoisotopic (exact) mass is 581 g/mol. The highest BCUT2D eigenvalue weighted by molar-refractivity contribution is 5.91. The van der Waals surface area contributed by atoms with E-state index in [2.05, 4.69) is 0 Å². The molecular weight excluding hydrogens is 548 g/mol. The quantitative estimate of drug-likeness (QED) is 0.371. The second-order valence-corrected chi connectivity index (χ2v) is 11.5. The van der Waals surface area contributed by atoms with Crippen molar-refractivity contribution < 1.29 is 41.0 Å². The van der Waals surface area contributed by atoms with Gasteiger partial charge in [-0.15, -0.1) is 0 Å². The lowest BCUT2D eigenvalue weighted by Gasteiger charge is -2.42. The maximum Gasteiger partial charge on any atom is 0.416 e. The van der Waals surface area contributed by atoms with Gasteiger partial charge in [-0.3, -0.25) is 4.79 Å². The van der Waals surface area contributed by atoms with E-state index in [4.69, 9.17) is 4.74 Å². The largest absolute Gasteiger partial charge is 0.416 e. The summed E-state index contributed by atoms with van der Waals surface area (Å²) < 4.78 is 87.5. The average molecular weight is 582 g/mol. The number of ether oxygens (including phenoxy) is 1. The molecule has 0 aromatic heterocycles. The van der Waals surface area contributed by atoms with Crippen molar-refractivity contribution in [3.63, 3.8) is 0 Å². The third-order valence-corrected chi connectivity index (χ3v) is 8.83. The normalized spacial score (nSPS) is 27.9. The number of rotatable bonds is 5. The fraction of sp³-hybridized carbons (Fsp3) is 0.516. The second-order valence-electron chi connectivity index (χ2n) is 11.5. The number of benzene rings is 2. The van der Waals surface area contributed by atoms with Gasteiger partial charge in [-0.25, -0.2) is 0 Å². The van der Waals surface area contributed by atoms with Crippen LogP contribution in [0.4, 0.5) is 26.3 Å². The molecule has 2 aliphatic carbocycles. The summed E-state index contributed by atoms with van der Waals surface area (Å²) in [5.41, 5.74) is -0.286. The summed E-state index contributed by atoms with van der Waals surface area (Å²) in [7, 11) is 0. The molecule has 1 saturated heterocycles. The summed E-state index contributed by atoms with van der Waals surface area (Å²) in [4.78, 5) is 14.0. The molecule has 6 atom stereocenters. The van der Waals surface area contributed by atoms with Gasteiger partial charge in [0.05, 0.1) is 23.3 Å². The Bertz CT molecular complexity index is 1290. The number of likely N-dealkylation sites (tertiary alicyclic amines) is 1. The second kappa shape index (κ2) is 11.1. The fourth-order valence-corrected chi connectivity index (χ4v) is 6.86. The van der Waals surface area contributed by atoms with Crippen molar-refractivity contribution in [1.82, 2.24) is 4.90 Å². The molecule has 1 unspecified atom stereocenters. The lowest BCUT2D eigenvalue weighted by atomic mass is 9.68. The number of allylic oxidation sites excluding steroid dienone is 2. The van der Waals surface area contributed by atoms with Gasteiger partial charge < -0.3 is 14.7 Å². The summed E-state index contributed by atoms with van der Waals surface area (Å²) in [6.07, 6.45) is -7.78. The number of ketones is 1. The van der Waals surface area contributed by atoms with Crippen LogP contribution in [-0.2, 0) is 21.9 Å². The van der Waals surface area contributed by atoms with E-state index in [0.717, 1.165) is 16.8 Å². The van der Waals surface area contributed by atoms with Crippen molar-refractivity contribution in [2.45, 2.75) is 82.7 Å². The van der Waals surface area contributed by atoms with Crippen LogP contribution in [0.3, 0.4) is 0 Å².